The van der Waals surface area contributed by atoms with Crippen LogP contribution in [0.1, 0.15) is 13.3 Å². The molecular formula is C11H16N2O2. The van der Waals surface area contributed by atoms with Crippen molar-refractivity contribution in [2.45, 2.75) is 13.3 Å². The Hall–Kier alpha value is -1.84. The number of aliphatic imine (C=N–C) groups is 1. The van der Waals surface area contributed by atoms with Crippen molar-refractivity contribution in [3.05, 3.63) is 36.6 Å². The first kappa shape index (κ1) is 13.2. The zero-order valence-corrected chi connectivity index (χ0v) is 9.06. The van der Waals surface area contributed by atoms with Gasteiger partial charge in [-0.25, -0.2) is 9.79 Å². The first-order valence-corrected chi connectivity index (χ1v) is 4.55. The molecule has 0 unspecified atom stereocenters. The van der Waals surface area contributed by atoms with Gasteiger partial charge >= 0.3 is 5.97 Å². The Morgan fingerprint density at radius 3 is 2.73 bits per heavy atom. The summed E-state index contributed by atoms with van der Waals surface area (Å²) in [6.07, 6.45) is 6.70. The fourth-order valence-electron chi connectivity index (χ4n) is 0.741. The second-order valence-corrected chi connectivity index (χ2v) is 2.64. The monoisotopic (exact) mass is 208 g/mol. The lowest BCUT2D eigenvalue weighted by molar-refractivity contribution is -0.135. The minimum atomic E-state index is -0.434. The Labute approximate surface area is 89.8 Å². The average Bonchev–Trinajstić information content (AvgIpc) is 2.26. The highest BCUT2D eigenvalue weighted by Gasteiger charge is 2.03. The van der Waals surface area contributed by atoms with E-state index in [-0.39, 0.29) is 0 Å². The number of amidine groups is 1. The molecule has 4 nitrogen and oxygen atoms in total. The molecule has 0 aliphatic heterocycles. The third-order valence-corrected chi connectivity index (χ3v) is 1.58. The van der Waals surface area contributed by atoms with Crippen molar-refractivity contribution in [1.29, 1.82) is 0 Å². The van der Waals surface area contributed by atoms with Crippen LogP contribution < -0.4 is 5.73 Å². The van der Waals surface area contributed by atoms with Gasteiger partial charge in [0.05, 0.1) is 18.5 Å². The fraction of sp³-hybridized carbons (Fsp3) is 0.273. The maximum Gasteiger partial charge on any atom is 0.337 e. The maximum atomic E-state index is 11.2. The number of hydrogen-bond donors (Lipinski definition) is 1. The lowest BCUT2D eigenvalue weighted by atomic mass is 10.2. The van der Waals surface area contributed by atoms with Crippen LogP contribution >= 0.6 is 0 Å². The largest absolute Gasteiger partial charge is 0.465 e. The summed E-state index contributed by atoms with van der Waals surface area (Å²) < 4.78 is 4.56. The van der Waals surface area contributed by atoms with Gasteiger partial charge in [0.2, 0.25) is 0 Å². The van der Waals surface area contributed by atoms with Crippen LogP contribution in [0.15, 0.2) is 41.6 Å². The molecule has 15 heavy (non-hydrogen) atoms. The molecule has 82 valence electrons. The fourth-order valence-corrected chi connectivity index (χ4v) is 0.741. The van der Waals surface area contributed by atoms with Crippen LogP contribution in [-0.2, 0) is 9.53 Å². The summed E-state index contributed by atoms with van der Waals surface area (Å²) in [7, 11) is 1.32. The molecule has 0 aromatic carbocycles. The van der Waals surface area contributed by atoms with Crippen LogP contribution in [-0.4, -0.2) is 18.9 Å². The molecule has 2 N–H and O–H groups in total. The lowest BCUT2D eigenvalue weighted by Gasteiger charge is -1.97. The Morgan fingerprint density at radius 2 is 2.27 bits per heavy atom. The molecule has 0 saturated heterocycles. The van der Waals surface area contributed by atoms with Crippen molar-refractivity contribution >= 4 is 11.8 Å². The van der Waals surface area contributed by atoms with Crippen LogP contribution in [0.4, 0.5) is 0 Å². The van der Waals surface area contributed by atoms with Crippen LogP contribution in [0.2, 0.25) is 0 Å². The SMILES string of the molecule is C=C/C=C(\C=C\N=C(N)CC)C(=O)OC. The van der Waals surface area contributed by atoms with Crippen LogP contribution in [0.25, 0.3) is 0 Å². The second-order valence-electron chi connectivity index (χ2n) is 2.64. The molecule has 0 saturated carbocycles. The summed E-state index contributed by atoms with van der Waals surface area (Å²) in [6.45, 7) is 5.39. The molecule has 0 spiro atoms. The highest BCUT2D eigenvalue weighted by Crippen LogP contribution is 2.00. The van der Waals surface area contributed by atoms with Crippen molar-refractivity contribution in [2.75, 3.05) is 7.11 Å². The van der Waals surface area contributed by atoms with Crippen molar-refractivity contribution in [2.24, 2.45) is 10.7 Å². The summed E-state index contributed by atoms with van der Waals surface area (Å²) in [5.74, 6) is 0.0745. The molecule has 0 amide bonds. The molecular weight excluding hydrogens is 192 g/mol. The Bertz CT molecular complexity index is 315. The number of carbonyl (C=O) groups is 1. The van der Waals surface area contributed by atoms with Gasteiger partial charge in [-0.2, -0.15) is 0 Å². The molecule has 0 aromatic heterocycles. The van der Waals surface area contributed by atoms with Gasteiger partial charge in [0.25, 0.3) is 0 Å². The van der Waals surface area contributed by atoms with Gasteiger partial charge in [-0.3, -0.25) is 0 Å². The molecule has 0 bridgehead atoms. The second kappa shape index (κ2) is 7.55. The molecule has 0 rings (SSSR count). The van der Waals surface area contributed by atoms with Gasteiger partial charge in [-0.1, -0.05) is 19.6 Å². The van der Waals surface area contributed by atoms with E-state index in [1.165, 1.54) is 25.5 Å². The van der Waals surface area contributed by atoms with Crippen molar-refractivity contribution < 1.29 is 9.53 Å². The smallest absolute Gasteiger partial charge is 0.337 e. The lowest BCUT2D eigenvalue weighted by Crippen LogP contribution is -2.08. The molecule has 0 fully saturated rings. The number of hydrogen-bond acceptors (Lipinski definition) is 3. The number of methoxy groups -OCH3 is 1. The van der Waals surface area contributed by atoms with E-state index in [9.17, 15) is 4.79 Å². The van der Waals surface area contributed by atoms with E-state index in [1.54, 1.807) is 6.08 Å². The Kier molecular flexibility index (Phi) is 6.63. The highest BCUT2D eigenvalue weighted by molar-refractivity contribution is 5.91. The number of ether oxygens (including phenoxy) is 1. The molecule has 0 atom stereocenters. The van der Waals surface area contributed by atoms with Crippen molar-refractivity contribution in [3.8, 4) is 0 Å². The molecule has 0 heterocycles. The summed E-state index contributed by atoms with van der Waals surface area (Å²) in [6, 6.07) is 0. The normalized spacial score (nSPS) is 12.9. The molecule has 0 aliphatic carbocycles. The standard InChI is InChI=1S/C11H16N2O2/c1-4-6-9(11(14)15-3)7-8-13-10(12)5-2/h4,6-8H,1,5H2,2-3H3,(H2,12,13)/b8-7+,9-6+. The quantitative estimate of drug-likeness (QED) is 0.245. The van der Waals surface area contributed by atoms with Crippen molar-refractivity contribution in [1.82, 2.24) is 0 Å². The summed E-state index contributed by atoms with van der Waals surface area (Å²) in [5.41, 5.74) is 5.86. The van der Waals surface area contributed by atoms with Gasteiger partial charge < -0.3 is 10.5 Å². The predicted octanol–water partition coefficient (Wildman–Crippen LogP) is 1.55. The number of nitrogens with two attached hydrogens (primary N) is 1. The number of allylic oxidation sites excluding steroid dienone is 2. The Balaban J connectivity index is 4.63. The molecule has 0 aromatic rings. The Morgan fingerprint density at radius 1 is 1.60 bits per heavy atom. The van der Waals surface area contributed by atoms with E-state index in [2.05, 4.69) is 16.3 Å². The third-order valence-electron chi connectivity index (χ3n) is 1.58. The van der Waals surface area contributed by atoms with E-state index in [1.807, 2.05) is 6.92 Å². The number of nitrogens with zero attached hydrogens (tertiary/aromatic N) is 1. The van der Waals surface area contributed by atoms with Gasteiger partial charge in [0.1, 0.15) is 0 Å². The molecule has 0 radical (unpaired) electrons. The number of rotatable bonds is 5. The van der Waals surface area contributed by atoms with Crippen molar-refractivity contribution in [3.63, 3.8) is 0 Å². The zero-order valence-electron chi connectivity index (χ0n) is 9.06. The van der Waals surface area contributed by atoms with Gasteiger partial charge in [0, 0.05) is 12.6 Å². The first-order chi connectivity index (χ1) is 7.15. The summed E-state index contributed by atoms with van der Waals surface area (Å²) in [4.78, 5) is 15.1. The topological polar surface area (TPSA) is 64.7 Å². The van der Waals surface area contributed by atoms with E-state index in [4.69, 9.17) is 5.73 Å². The summed E-state index contributed by atoms with van der Waals surface area (Å²) in [5, 5.41) is 0. The van der Waals surface area contributed by atoms with E-state index in [0.29, 0.717) is 17.8 Å². The molecule has 4 heteroatoms. The summed E-state index contributed by atoms with van der Waals surface area (Å²) >= 11 is 0. The average molecular weight is 208 g/mol. The zero-order chi connectivity index (χ0) is 11.7. The number of carbonyl (C=O) groups excluding carboxylic acids is 1. The minimum absolute atomic E-state index is 0.375. The molecule has 0 aliphatic rings. The minimum Gasteiger partial charge on any atom is -0.465 e. The maximum absolute atomic E-state index is 11.2. The number of esters is 1. The van der Waals surface area contributed by atoms with Gasteiger partial charge in [0.15, 0.2) is 0 Å². The van der Waals surface area contributed by atoms with Crippen LogP contribution in [0, 0.1) is 0 Å². The van der Waals surface area contributed by atoms with E-state index in [0.717, 1.165) is 0 Å². The van der Waals surface area contributed by atoms with Crippen LogP contribution in [0.5, 0.6) is 0 Å². The van der Waals surface area contributed by atoms with E-state index >= 15 is 0 Å². The predicted molar refractivity (Wildman–Crippen MR) is 61.3 cm³/mol. The first-order valence-electron chi connectivity index (χ1n) is 4.55. The highest BCUT2D eigenvalue weighted by atomic mass is 16.5. The van der Waals surface area contributed by atoms with Gasteiger partial charge in [-0.15, -0.1) is 0 Å². The third kappa shape index (κ3) is 5.46. The van der Waals surface area contributed by atoms with Gasteiger partial charge in [-0.05, 0) is 12.2 Å². The van der Waals surface area contributed by atoms with Crippen LogP contribution in [0.3, 0.4) is 0 Å². The van der Waals surface area contributed by atoms with E-state index < -0.39 is 5.97 Å².